The Hall–Kier alpha value is -3.17. The van der Waals surface area contributed by atoms with E-state index in [1.54, 1.807) is 4.68 Å². The fourth-order valence-electron chi connectivity index (χ4n) is 3.17. The molecule has 0 saturated carbocycles. The second-order valence-corrected chi connectivity index (χ2v) is 7.45. The molecule has 3 N–H and O–H groups in total. The number of anilines is 4. The molecule has 4 aromatic rings. The number of morpholine rings is 1. The summed E-state index contributed by atoms with van der Waals surface area (Å²) >= 11 is 1.53. The molecule has 28 heavy (non-hydrogen) atoms. The maximum atomic E-state index is 6.07. The predicted molar refractivity (Wildman–Crippen MR) is 112 cm³/mol. The molecule has 5 rings (SSSR count). The largest absolute Gasteiger partial charge is 0.378 e. The number of hydrogen-bond donors (Lipinski definition) is 2. The Morgan fingerprint density at radius 3 is 2.57 bits per heavy atom. The van der Waals surface area contributed by atoms with E-state index in [9.17, 15) is 0 Å². The molecule has 0 unspecified atom stereocenters. The Kier molecular flexibility index (Phi) is 4.30. The zero-order valence-corrected chi connectivity index (χ0v) is 15.9. The highest BCUT2D eigenvalue weighted by molar-refractivity contribution is 7.20. The van der Waals surface area contributed by atoms with Crippen LogP contribution >= 0.6 is 11.3 Å². The highest BCUT2D eigenvalue weighted by atomic mass is 32.1. The van der Waals surface area contributed by atoms with Crippen LogP contribution in [-0.4, -0.2) is 46.1 Å². The highest BCUT2D eigenvalue weighted by Gasteiger charge is 2.14. The van der Waals surface area contributed by atoms with Crippen molar-refractivity contribution in [2.24, 2.45) is 0 Å². The van der Waals surface area contributed by atoms with Gasteiger partial charge < -0.3 is 20.7 Å². The zero-order valence-electron chi connectivity index (χ0n) is 15.1. The average molecular weight is 393 g/mol. The van der Waals surface area contributed by atoms with Gasteiger partial charge in [-0.3, -0.25) is 0 Å². The van der Waals surface area contributed by atoms with E-state index in [1.807, 2.05) is 36.4 Å². The topological polar surface area (TPSA) is 94.1 Å². The predicted octanol–water partition coefficient (Wildman–Crippen LogP) is 3.04. The van der Waals surface area contributed by atoms with E-state index in [0.717, 1.165) is 42.2 Å². The van der Waals surface area contributed by atoms with Crippen LogP contribution in [0.25, 0.3) is 15.3 Å². The fourth-order valence-corrected chi connectivity index (χ4v) is 4.10. The van der Waals surface area contributed by atoms with Crippen LogP contribution in [0.2, 0.25) is 0 Å². The first-order valence-corrected chi connectivity index (χ1v) is 9.86. The van der Waals surface area contributed by atoms with Crippen molar-refractivity contribution in [2.45, 2.75) is 0 Å². The second-order valence-electron chi connectivity index (χ2n) is 6.44. The first-order valence-electron chi connectivity index (χ1n) is 9.04. The lowest BCUT2D eigenvalue weighted by Gasteiger charge is -2.28. The molecule has 0 radical (unpaired) electrons. The Morgan fingerprint density at radius 2 is 1.79 bits per heavy atom. The van der Waals surface area contributed by atoms with Crippen LogP contribution in [0, 0.1) is 0 Å². The number of para-hydroxylation sites is 1. The molecular formula is C19H19N7OS. The van der Waals surface area contributed by atoms with Gasteiger partial charge in [0.1, 0.15) is 0 Å². The summed E-state index contributed by atoms with van der Waals surface area (Å²) < 4.78 is 8.05. The zero-order chi connectivity index (χ0) is 18.9. The van der Waals surface area contributed by atoms with E-state index in [1.165, 1.54) is 17.0 Å². The van der Waals surface area contributed by atoms with E-state index >= 15 is 0 Å². The van der Waals surface area contributed by atoms with Gasteiger partial charge in [-0.1, -0.05) is 23.5 Å². The lowest BCUT2D eigenvalue weighted by Crippen LogP contribution is -2.36. The van der Waals surface area contributed by atoms with E-state index < -0.39 is 0 Å². The Balaban J connectivity index is 1.35. The lowest BCUT2D eigenvalue weighted by atomic mass is 10.2. The maximum Gasteiger partial charge on any atom is 0.248 e. The van der Waals surface area contributed by atoms with Gasteiger partial charge in [0.05, 0.1) is 23.4 Å². The van der Waals surface area contributed by atoms with Gasteiger partial charge in [0.2, 0.25) is 17.0 Å². The SMILES string of the molecule is Nc1nc(Nc2ccc(N3CCOCC3)cc2)nn1-c1nc2ccccc2s1. The molecular weight excluding hydrogens is 374 g/mol. The van der Waals surface area contributed by atoms with Crippen molar-refractivity contribution < 1.29 is 4.74 Å². The van der Waals surface area contributed by atoms with Crippen molar-refractivity contribution in [2.75, 3.05) is 42.3 Å². The smallest absolute Gasteiger partial charge is 0.248 e. The molecule has 0 atom stereocenters. The van der Waals surface area contributed by atoms with Crippen molar-refractivity contribution in [3.05, 3.63) is 48.5 Å². The summed E-state index contributed by atoms with van der Waals surface area (Å²) in [6.07, 6.45) is 0. The van der Waals surface area contributed by atoms with Gasteiger partial charge in [-0.2, -0.15) is 9.67 Å². The number of nitrogens with two attached hydrogens (primary N) is 1. The standard InChI is InChI=1S/C19H19N7OS/c20-17-23-18(24-26(17)19-22-15-3-1-2-4-16(15)28-19)21-13-5-7-14(8-6-13)25-9-11-27-12-10-25/h1-8H,9-12H2,(H3,20,21,23,24). The average Bonchev–Trinajstić information content (AvgIpc) is 3.32. The molecule has 9 heteroatoms. The number of benzene rings is 2. The summed E-state index contributed by atoms with van der Waals surface area (Å²) in [5.74, 6) is 0.738. The third kappa shape index (κ3) is 3.25. The van der Waals surface area contributed by atoms with Crippen LogP contribution in [0.4, 0.5) is 23.3 Å². The van der Waals surface area contributed by atoms with E-state index in [4.69, 9.17) is 10.5 Å². The second kappa shape index (κ2) is 7.10. The first kappa shape index (κ1) is 17.0. The monoisotopic (exact) mass is 393 g/mol. The molecule has 0 aliphatic carbocycles. The molecule has 0 amide bonds. The van der Waals surface area contributed by atoms with Gasteiger partial charge in [-0.15, -0.1) is 5.10 Å². The molecule has 1 aliphatic heterocycles. The third-order valence-electron chi connectivity index (χ3n) is 4.60. The van der Waals surface area contributed by atoms with Crippen LogP contribution in [0.5, 0.6) is 0 Å². The third-order valence-corrected chi connectivity index (χ3v) is 5.61. The number of fused-ring (bicyclic) bond motifs is 1. The van der Waals surface area contributed by atoms with Gasteiger partial charge in [-0.25, -0.2) is 4.98 Å². The number of ether oxygens (including phenoxy) is 1. The molecule has 3 heterocycles. The number of nitrogens with one attached hydrogen (secondary N) is 1. The molecule has 1 aliphatic rings. The molecule has 8 nitrogen and oxygen atoms in total. The summed E-state index contributed by atoms with van der Waals surface area (Å²) in [6.45, 7) is 3.37. The number of nitrogens with zero attached hydrogens (tertiary/aromatic N) is 5. The quantitative estimate of drug-likeness (QED) is 0.550. The van der Waals surface area contributed by atoms with Crippen molar-refractivity contribution in [3.63, 3.8) is 0 Å². The van der Waals surface area contributed by atoms with Crippen LogP contribution in [0.3, 0.4) is 0 Å². The van der Waals surface area contributed by atoms with Crippen molar-refractivity contribution in [1.29, 1.82) is 0 Å². The van der Waals surface area contributed by atoms with Crippen LogP contribution < -0.4 is 16.0 Å². The van der Waals surface area contributed by atoms with E-state index in [2.05, 4.69) is 37.4 Å². The number of thiazole rings is 1. The summed E-state index contributed by atoms with van der Waals surface area (Å²) in [5, 5.41) is 8.38. The lowest BCUT2D eigenvalue weighted by molar-refractivity contribution is 0.122. The molecule has 2 aromatic heterocycles. The number of rotatable bonds is 4. The van der Waals surface area contributed by atoms with E-state index in [0.29, 0.717) is 17.0 Å². The van der Waals surface area contributed by atoms with Crippen LogP contribution in [0.15, 0.2) is 48.5 Å². The fraction of sp³-hybridized carbons (Fsp3) is 0.211. The van der Waals surface area contributed by atoms with Gasteiger partial charge in [0.15, 0.2) is 0 Å². The summed E-state index contributed by atoms with van der Waals surface area (Å²) in [4.78, 5) is 11.2. The minimum atomic E-state index is 0.298. The Labute approximate surface area is 165 Å². The van der Waals surface area contributed by atoms with E-state index in [-0.39, 0.29) is 0 Å². The summed E-state index contributed by atoms with van der Waals surface area (Å²) in [6, 6.07) is 16.1. The van der Waals surface area contributed by atoms with Gasteiger partial charge in [-0.05, 0) is 36.4 Å². The molecule has 0 bridgehead atoms. The number of hydrogen-bond acceptors (Lipinski definition) is 8. The number of aromatic nitrogens is 4. The van der Waals surface area contributed by atoms with Crippen molar-refractivity contribution in [1.82, 2.24) is 19.7 Å². The first-order chi connectivity index (χ1) is 13.8. The molecule has 142 valence electrons. The molecule has 1 saturated heterocycles. The van der Waals surface area contributed by atoms with Crippen LogP contribution in [0.1, 0.15) is 0 Å². The highest BCUT2D eigenvalue weighted by Crippen LogP contribution is 2.27. The normalized spacial score (nSPS) is 14.5. The van der Waals surface area contributed by atoms with Crippen molar-refractivity contribution >= 4 is 44.8 Å². The molecule has 2 aromatic carbocycles. The maximum absolute atomic E-state index is 6.07. The molecule has 0 spiro atoms. The van der Waals surface area contributed by atoms with Crippen molar-refractivity contribution in [3.8, 4) is 5.13 Å². The van der Waals surface area contributed by atoms with Crippen LogP contribution in [-0.2, 0) is 4.74 Å². The summed E-state index contributed by atoms with van der Waals surface area (Å²) in [5.41, 5.74) is 9.07. The van der Waals surface area contributed by atoms with Gasteiger partial charge >= 0.3 is 0 Å². The Bertz CT molecular complexity index is 1070. The Morgan fingerprint density at radius 1 is 1.00 bits per heavy atom. The van der Waals surface area contributed by atoms with Gasteiger partial charge in [0.25, 0.3) is 0 Å². The summed E-state index contributed by atoms with van der Waals surface area (Å²) in [7, 11) is 0. The minimum Gasteiger partial charge on any atom is -0.378 e. The van der Waals surface area contributed by atoms with Gasteiger partial charge in [0, 0.05) is 24.5 Å². The molecule has 1 fully saturated rings. The number of nitrogen functional groups attached to an aromatic ring is 1. The minimum absolute atomic E-state index is 0.298.